The van der Waals surface area contributed by atoms with Gasteiger partial charge in [0.05, 0.1) is 17.5 Å². The summed E-state index contributed by atoms with van der Waals surface area (Å²) in [4.78, 5) is 27.2. The van der Waals surface area contributed by atoms with Crippen LogP contribution in [-0.4, -0.2) is 66.5 Å². The minimum Gasteiger partial charge on any atom is -0.347 e. The van der Waals surface area contributed by atoms with E-state index in [1.54, 1.807) is 0 Å². The van der Waals surface area contributed by atoms with Crippen molar-refractivity contribution in [3.05, 3.63) is 35.4 Å². The molecule has 1 saturated heterocycles. The zero-order valence-corrected chi connectivity index (χ0v) is 18.6. The zero-order chi connectivity index (χ0) is 21.9. The molecule has 2 aliphatic rings. The average molecular weight is 435 g/mol. The van der Waals surface area contributed by atoms with E-state index in [2.05, 4.69) is 42.3 Å². The summed E-state index contributed by atoms with van der Waals surface area (Å²) in [6.45, 7) is 5.41. The van der Waals surface area contributed by atoms with Crippen LogP contribution in [0.3, 0.4) is 0 Å². The van der Waals surface area contributed by atoms with Gasteiger partial charge >= 0.3 is 0 Å². The summed E-state index contributed by atoms with van der Waals surface area (Å²) >= 11 is 0. The van der Waals surface area contributed by atoms with Crippen LogP contribution >= 0.6 is 0 Å². The summed E-state index contributed by atoms with van der Waals surface area (Å²) in [6, 6.07) is 7.91. The lowest BCUT2D eigenvalue weighted by Gasteiger charge is -2.27. The highest BCUT2D eigenvalue weighted by Crippen LogP contribution is 2.22. The van der Waals surface area contributed by atoms with Gasteiger partial charge in [0, 0.05) is 32.0 Å². The second kappa shape index (κ2) is 9.26. The van der Waals surface area contributed by atoms with Crippen LogP contribution in [0.5, 0.6) is 0 Å². The Balaban J connectivity index is 1.66. The Morgan fingerprint density at radius 1 is 1.27 bits per heavy atom. The van der Waals surface area contributed by atoms with E-state index in [0.717, 1.165) is 17.7 Å². The van der Waals surface area contributed by atoms with Gasteiger partial charge in [0.1, 0.15) is 5.71 Å². The van der Waals surface area contributed by atoms with Crippen LogP contribution < -0.4 is 5.32 Å². The molecule has 1 fully saturated rings. The molecule has 0 saturated carbocycles. The van der Waals surface area contributed by atoms with Crippen LogP contribution in [0.4, 0.5) is 0 Å². The molecule has 1 aromatic carbocycles. The first-order chi connectivity index (χ1) is 14.2. The number of sulfone groups is 1. The first-order valence-electron chi connectivity index (χ1n) is 10.3. The third-order valence-corrected chi connectivity index (χ3v) is 7.49. The first kappa shape index (κ1) is 22.4. The molecule has 164 valence electrons. The van der Waals surface area contributed by atoms with Crippen molar-refractivity contribution in [2.45, 2.75) is 58.3 Å². The number of carbonyl (C=O) groups is 2. The van der Waals surface area contributed by atoms with Gasteiger partial charge in [0.15, 0.2) is 9.84 Å². The molecule has 1 atom stereocenters. The molecule has 1 N–H and O–H groups in total. The highest BCUT2D eigenvalue weighted by Gasteiger charge is 2.37. The van der Waals surface area contributed by atoms with Crippen molar-refractivity contribution in [2.75, 3.05) is 18.6 Å². The molecular formula is C21H30N4O4S. The molecule has 3 rings (SSSR count). The number of benzene rings is 1. The standard InChI is InChI=1S/C21H30N4O4S/c1-15(2)24(3)13-17-7-5-4-6-16(17)12-22-21(27)19-8-9-20(26)25(23-19)18-10-11-30(28,29)14-18/h4-7,15,18H,8-14H2,1-3H3,(H,22,27). The third kappa shape index (κ3) is 5.46. The number of carbonyl (C=O) groups excluding carboxylic acids is 2. The fraction of sp³-hybridized carbons (Fsp3) is 0.571. The maximum absolute atomic E-state index is 12.7. The van der Waals surface area contributed by atoms with Crippen molar-refractivity contribution in [3.8, 4) is 0 Å². The molecule has 0 bridgehead atoms. The van der Waals surface area contributed by atoms with Gasteiger partial charge in [-0.05, 0) is 38.4 Å². The predicted molar refractivity (Wildman–Crippen MR) is 115 cm³/mol. The molecule has 30 heavy (non-hydrogen) atoms. The smallest absolute Gasteiger partial charge is 0.267 e. The first-order valence-corrected chi connectivity index (χ1v) is 12.1. The lowest BCUT2D eigenvalue weighted by molar-refractivity contribution is -0.133. The van der Waals surface area contributed by atoms with Crippen LogP contribution in [0.25, 0.3) is 0 Å². The van der Waals surface area contributed by atoms with Gasteiger partial charge in [-0.3, -0.25) is 14.5 Å². The third-order valence-electron chi connectivity index (χ3n) is 5.74. The Morgan fingerprint density at radius 3 is 2.60 bits per heavy atom. The predicted octanol–water partition coefficient (Wildman–Crippen LogP) is 1.31. The number of nitrogens with zero attached hydrogens (tertiary/aromatic N) is 3. The lowest BCUT2D eigenvalue weighted by Crippen LogP contribution is -2.43. The van der Waals surface area contributed by atoms with Crippen LogP contribution in [0.2, 0.25) is 0 Å². The fourth-order valence-electron chi connectivity index (χ4n) is 3.60. The Kier molecular flexibility index (Phi) is 6.92. The van der Waals surface area contributed by atoms with Gasteiger partial charge in [-0.25, -0.2) is 13.4 Å². The van der Waals surface area contributed by atoms with Gasteiger partial charge in [-0.2, -0.15) is 5.10 Å². The van der Waals surface area contributed by atoms with E-state index in [9.17, 15) is 18.0 Å². The molecule has 2 heterocycles. The Morgan fingerprint density at radius 2 is 1.97 bits per heavy atom. The molecule has 2 amide bonds. The van der Waals surface area contributed by atoms with E-state index in [1.807, 2.05) is 18.2 Å². The molecule has 0 spiro atoms. The molecule has 8 nitrogen and oxygen atoms in total. The number of amides is 2. The van der Waals surface area contributed by atoms with E-state index in [-0.39, 0.29) is 41.9 Å². The molecule has 1 unspecified atom stereocenters. The average Bonchev–Trinajstić information content (AvgIpc) is 3.06. The number of rotatable bonds is 7. The highest BCUT2D eigenvalue weighted by atomic mass is 32.2. The van der Waals surface area contributed by atoms with Crippen molar-refractivity contribution >= 4 is 27.4 Å². The van der Waals surface area contributed by atoms with E-state index < -0.39 is 15.9 Å². The summed E-state index contributed by atoms with van der Waals surface area (Å²) in [6.07, 6.45) is 0.792. The van der Waals surface area contributed by atoms with E-state index in [0.29, 0.717) is 19.0 Å². The maximum Gasteiger partial charge on any atom is 0.267 e. The van der Waals surface area contributed by atoms with E-state index in [1.165, 1.54) is 5.01 Å². The van der Waals surface area contributed by atoms with Crippen LogP contribution in [0, 0.1) is 0 Å². The van der Waals surface area contributed by atoms with Crippen molar-refractivity contribution < 1.29 is 18.0 Å². The second-order valence-electron chi connectivity index (χ2n) is 8.30. The van der Waals surface area contributed by atoms with Crippen LogP contribution in [0.1, 0.15) is 44.2 Å². The number of hydrazone groups is 1. The van der Waals surface area contributed by atoms with Gasteiger partial charge in [0.25, 0.3) is 5.91 Å². The second-order valence-corrected chi connectivity index (χ2v) is 10.5. The summed E-state index contributed by atoms with van der Waals surface area (Å²) in [5, 5.41) is 8.36. The SMILES string of the molecule is CC(C)N(C)Cc1ccccc1CNC(=O)C1=NN(C2CCS(=O)(=O)C2)C(=O)CC1. The Labute approximate surface area is 178 Å². The molecule has 0 aliphatic carbocycles. The maximum atomic E-state index is 12.7. The van der Waals surface area contributed by atoms with Crippen molar-refractivity contribution in [3.63, 3.8) is 0 Å². The van der Waals surface area contributed by atoms with Gasteiger partial charge < -0.3 is 5.32 Å². The summed E-state index contributed by atoms with van der Waals surface area (Å²) in [5.41, 5.74) is 2.45. The number of hydrogen-bond acceptors (Lipinski definition) is 6. The molecule has 1 aromatic rings. The van der Waals surface area contributed by atoms with E-state index >= 15 is 0 Å². The van der Waals surface area contributed by atoms with E-state index in [4.69, 9.17) is 0 Å². The molecule has 9 heteroatoms. The number of nitrogens with one attached hydrogen (secondary N) is 1. The largest absolute Gasteiger partial charge is 0.347 e. The molecule has 0 radical (unpaired) electrons. The van der Waals surface area contributed by atoms with Crippen LogP contribution in [0.15, 0.2) is 29.4 Å². The Bertz CT molecular complexity index is 942. The monoisotopic (exact) mass is 434 g/mol. The van der Waals surface area contributed by atoms with Crippen molar-refractivity contribution in [1.29, 1.82) is 0 Å². The minimum absolute atomic E-state index is 0.0557. The summed E-state index contributed by atoms with van der Waals surface area (Å²) in [5.74, 6) is -0.579. The van der Waals surface area contributed by atoms with Crippen LogP contribution in [-0.2, 0) is 32.5 Å². The highest BCUT2D eigenvalue weighted by molar-refractivity contribution is 7.91. The summed E-state index contributed by atoms with van der Waals surface area (Å²) < 4.78 is 23.5. The van der Waals surface area contributed by atoms with Crippen molar-refractivity contribution in [1.82, 2.24) is 15.2 Å². The van der Waals surface area contributed by atoms with Gasteiger partial charge in [-0.1, -0.05) is 24.3 Å². The normalized spacial score (nSPS) is 21.2. The summed E-state index contributed by atoms with van der Waals surface area (Å²) in [7, 11) is -1.08. The molecular weight excluding hydrogens is 404 g/mol. The lowest BCUT2D eigenvalue weighted by atomic mass is 10.1. The van der Waals surface area contributed by atoms with Crippen molar-refractivity contribution in [2.24, 2.45) is 5.10 Å². The topological polar surface area (TPSA) is 99.2 Å². The fourth-order valence-corrected chi connectivity index (χ4v) is 5.29. The quantitative estimate of drug-likeness (QED) is 0.698. The molecule has 0 aromatic heterocycles. The number of hydrogen-bond donors (Lipinski definition) is 1. The molecule has 2 aliphatic heterocycles. The zero-order valence-electron chi connectivity index (χ0n) is 17.8. The minimum atomic E-state index is -3.14. The van der Waals surface area contributed by atoms with Gasteiger partial charge in [0.2, 0.25) is 5.91 Å². The Hall–Kier alpha value is -2.26. The van der Waals surface area contributed by atoms with Gasteiger partial charge in [-0.15, -0.1) is 0 Å².